The molecule has 1 aliphatic rings. The normalized spacial score (nSPS) is 18.6. The minimum atomic E-state index is -0.244. The van der Waals surface area contributed by atoms with E-state index >= 15 is 0 Å². The van der Waals surface area contributed by atoms with Crippen LogP contribution in [0.3, 0.4) is 0 Å². The number of thioether (sulfide) groups is 1. The number of nitriles is 1. The van der Waals surface area contributed by atoms with Crippen LogP contribution >= 0.6 is 36.6 Å². The van der Waals surface area contributed by atoms with Gasteiger partial charge in [-0.05, 0) is 35.9 Å². The summed E-state index contributed by atoms with van der Waals surface area (Å²) in [7, 11) is 0. The third-order valence-electron chi connectivity index (χ3n) is 4.12. The number of nitrogens with zero attached hydrogens (tertiary/aromatic N) is 3. The smallest absolute Gasteiger partial charge is 0.249 e. The quantitative estimate of drug-likeness (QED) is 0.700. The van der Waals surface area contributed by atoms with Gasteiger partial charge in [-0.25, -0.2) is 0 Å². The van der Waals surface area contributed by atoms with Gasteiger partial charge in [0.15, 0.2) is 0 Å². The van der Waals surface area contributed by atoms with E-state index in [1.807, 2.05) is 30.5 Å². The first kappa shape index (κ1) is 20.3. The molecule has 2 aromatic heterocycles. The third kappa shape index (κ3) is 3.71. The lowest BCUT2D eigenvalue weighted by Crippen LogP contribution is -2.37. The van der Waals surface area contributed by atoms with Crippen molar-refractivity contribution < 1.29 is 4.79 Å². The average molecular weight is 407 g/mol. The number of aromatic nitrogens is 2. The highest BCUT2D eigenvalue weighted by atomic mass is 35.5. The zero-order valence-electron chi connectivity index (χ0n) is 13.5. The molecule has 2 atom stereocenters. The summed E-state index contributed by atoms with van der Waals surface area (Å²) in [6.07, 6.45) is 5.34. The van der Waals surface area contributed by atoms with Crippen LogP contribution in [0.25, 0.3) is 10.9 Å². The van der Waals surface area contributed by atoms with Crippen molar-refractivity contribution in [3.05, 3.63) is 66.1 Å². The Kier molecular flexibility index (Phi) is 6.68. The van der Waals surface area contributed by atoms with Crippen LogP contribution < -0.4 is 5.32 Å². The van der Waals surface area contributed by atoms with Gasteiger partial charge in [0, 0.05) is 29.7 Å². The van der Waals surface area contributed by atoms with E-state index in [1.54, 1.807) is 40.9 Å². The number of fused-ring (bicyclic) bond motifs is 1. The maximum absolute atomic E-state index is 12.9. The van der Waals surface area contributed by atoms with Gasteiger partial charge in [-0.3, -0.25) is 19.7 Å². The average Bonchev–Trinajstić information content (AvgIpc) is 3.28. The summed E-state index contributed by atoms with van der Waals surface area (Å²) in [6.45, 7) is 0. The van der Waals surface area contributed by atoms with Gasteiger partial charge in [-0.1, -0.05) is 6.07 Å². The molecule has 5 nitrogen and oxygen atoms in total. The summed E-state index contributed by atoms with van der Waals surface area (Å²) < 4.78 is 1.67. The van der Waals surface area contributed by atoms with Crippen LogP contribution in [0.4, 0.5) is 0 Å². The number of nitrogens with one attached hydrogen (secondary N) is 1. The van der Waals surface area contributed by atoms with E-state index in [0.29, 0.717) is 11.3 Å². The van der Waals surface area contributed by atoms with Crippen LogP contribution in [-0.4, -0.2) is 27.3 Å². The van der Waals surface area contributed by atoms with Crippen molar-refractivity contribution in [1.29, 1.82) is 5.26 Å². The number of pyridine rings is 1. The van der Waals surface area contributed by atoms with Crippen molar-refractivity contribution in [2.45, 2.75) is 11.4 Å². The van der Waals surface area contributed by atoms with Crippen molar-refractivity contribution in [1.82, 2.24) is 14.9 Å². The Morgan fingerprint density at radius 1 is 1.31 bits per heavy atom. The number of carbonyl (C=O) groups is 1. The minimum Gasteiger partial charge on any atom is -0.290 e. The SMILES string of the molecule is Cl.Cl.N#Cc1ccc2c(ccn2C(=O)C2CSC(c3cccnc3)N2)c1. The van der Waals surface area contributed by atoms with Gasteiger partial charge >= 0.3 is 0 Å². The molecule has 1 aromatic carbocycles. The number of hydrogen-bond acceptors (Lipinski definition) is 5. The van der Waals surface area contributed by atoms with Gasteiger partial charge in [0.05, 0.1) is 28.6 Å². The lowest BCUT2D eigenvalue weighted by Gasteiger charge is -2.13. The van der Waals surface area contributed by atoms with E-state index in [-0.39, 0.29) is 42.1 Å². The second kappa shape index (κ2) is 8.56. The second-order valence-corrected chi connectivity index (χ2v) is 6.77. The Bertz CT molecular complexity index is 955. The molecule has 0 radical (unpaired) electrons. The summed E-state index contributed by atoms with van der Waals surface area (Å²) in [6, 6.07) is 13.0. The van der Waals surface area contributed by atoms with Gasteiger partial charge in [0.25, 0.3) is 0 Å². The predicted octanol–water partition coefficient (Wildman–Crippen LogP) is 3.80. The van der Waals surface area contributed by atoms with Crippen LogP contribution in [0.15, 0.2) is 55.0 Å². The van der Waals surface area contributed by atoms with Crippen LogP contribution in [0.5, 0.6) is 0 Å². The van der Waals surface area contributed by atoms with Crippen molar-refractivity contribution in [3.63, 3.8) is 0 Å². The molecule has 0 aliphatic carbocycles. The molecule has 1 aliphatic heterocycles. The van der Waals surface area contributed by atoms with Crippen LogP contribution in [0.2, 0.25) is 0 Å². The summed E-state index contributed by atoms with van der Waals surface area (Å²) >= 11 is 1.71. The molecular weight excluding hydrogens is 391 g/mol. The Labute approximate surface area is 167 Å². The maximum atomic E-state index is 12.9. The molecule has 1 fully saturated rings. The minimum absolute atomic E-state index is 0. The largest absolute Gasteiger partial charge is 0.290 e. The zero-order chi connectivity index (χ0) is 16.5. The highest BCUT2D eigenvalue weighted by Crippen LogP contribution is 2.33. The van der Waals surface area contributed by atoms with E-state index in [1.165, 1.54) is 0 Å². The molecule has 2 unspecified atom stereocenters. The van der Waals surface area contributed by atoms with Gasteiger partial charge in [-0.2, -0.15) is 5.26 Å². The Morgan fingerprint density at radius 3 is 2.88 bits per heavy atom. The molecule has 3 heterocycles. The topological polar surface area (TPSA) is 70.7 Å². The summed E-state index contributed by atoms with van der Waals surface area (Å²) in [4.78, 5) is 17.0. The number of rotatable bonds is 2. The van der Waals surface area contributed by atoms with Crippen molar-refractivity contribution >= 4 is 53.4 Å². The highest BCUT2D eigenvalue weighted by molar-refractivity contribution is 7.99. The number of carbonyl (C=O) groups excluding carboxylic acids is 1. The van der Waals surface area contributed by atoms with E-state index in [4.69, 9.17) is 5.26 Å². The standard InChI is InChI=1S/C18H14N4OS.2ClH/c19-9-12-3-4-16-13(8-12)5-7-22(16)18(23)15-11-24-17(21-15)14-2-1-6-20-10-14;;/h1-8,10,15,17,21H,11H2;2*1H. The Hall–Kier alpha value is -2.04. The molecule has 1 N–H and O–H groups in total. The van der Waals surface area contributed by atoms with Crippen LogP contribution in [0, 0.1) is 11.3 Å². The summed E-state index contributed by atoms with van der Waals surface area (Å²) in [5, 5.41) is 13.3. The van der Waals surface area contributed by atoms with Gasteiger partial charge in [0.1, 0.15) is 0 Å². The lowest BCUT2D eigenvalue weighted by molar-refractivity contribution is 0.0879. The summed E-state index contributed by atoms with van der Waals surface area (Å²) in [5.41, 5.74) is 2.50. The molecular formula is C18H16Cl2N4OS. The van der Waals surface area contributed by atoms with Crippen molar-refractivity contribution in [2.75, 3.05) is 5.75 Å². The molecule has 1 saturated heterocycles. The van der Waals surface area contributed by atoms with Gasteiger partial charge < -0.3 is 0 Å². The molecule has 26 heavy (non-hydrogen) atoms. The fourth-order valence-electron chi connectivity index (χ4n) is 2.91. The monoisotopic (exact) mass is 406 g/mol. The van der Waals surface area contributed by atoms with Gasteiger partial charge in [-0.15, -0.1) is 36.6 Å². The highest BCUT2D eigenvalue weighted by Gasteiger charge is 2.31. The number of hydrogen-bond donors (Lipinski definition) is 1. The fourth-order valence-corrected chi connectivity index (χ4v) is 4.13. The van der Waals surface area contributed by atoms with E-state index in [2.05, 4.69) is 16.4 Å². The van der Waals surface area contributed by atoms with Crippen molar-refractivity contribution in [3.8, 4) is 6.07 Å². The Morgan fingerprint density at radius 2 is 2.15 bits per heavy atom. The zero-order valence-corrected chi connectivity index (χ0v) is 16.0. The maximum Gasteiger partial charge on any atom is 0.249 e. The van der Waals surface area contributed by atoms with Crippen LogP contribution in [0.1, 0.15) is 21.3 Å². The molecule has 134 valence electrons. The van der Waals surface area contributed by atoms with Crippen molar-refractivity contribution in [2.24, 2.45) is 0 Å². The first-order valence-electron chi connectivity index (χ1n) is 7.59. The number of benzene rings is 1. The molecule has 0 amide bonds. The lowest BCUT2D eigenvalue weighted by atomic mass is 10.2. The van der Waals surface area contributed by atoms with Crippen LogP contribution in [-0.2, 0) is 0 Å². The first-order valence-corrected chi connectivity index (χ1v) is 8.64. The van der Waals surface area contributed by atoms with E-state index in [0.717, 1.165) is 16.5 Å². The summed E-state index contributed by atoms with van der Waals surface area (Å²) in [5.74, 6) is 0.738. The first-order chi connectivity index (χ1) is 11.8. The second-order valence-electron chi connectivity index (χ2n) is 5.63. The molecule has 4 rings (SSSR count). The molecule has 3 aromatic rings. The molecule has 0 bridgehead atoms. The van der Waals surface area contributed by atoms with Gasteiger partial charge in [0.2, 0.25) is 5.91 Å². The third-order valence-corrected chi connectivity index (χ3v) is 5.39. The van der Waals surface area contributed by atoms with E-state index in [9.17, 15) is 4.79 Å². The van der Waals surface area contributed by atoms with E-state index < -0.39 is 0 Å². The molecule has 0 saturated carbocycles. The molecule has 8 heteroatoms. The fraction of sp³-hybridized carbons (Fsp3) is 0.167. The molecule has 0 spiro atoms. The number of halogens is 2. The Balaban J connectivity index is 0.00000121. The predicted molar refractivity (Wildman–Crippen MR) is 108 cm³/mol.